The summed E-state index contributed by atoms with van der Waals surface area (Å²) in [6, 6.07) is 17.2. The Morgan fingerprint density at radius 3 is 1.92 bits per heavy atom. The van der Waals surface area contributed by atoms with E-state index in [4.69, 9.17) is 10.2 Å². The molecule has 0 saturated carbocycles. The number of carboxylic acids is 1. The number of aromatic carboxylic acids is 1. The number of thioether (sulfide) groups is 1. The van der Waals surface area contributed by atoms with Crippen molar-refractivity contribution < 1.29 is 28.2 Å². The van der Waals surface area contributed by atoms with Crippen LogP contribution < -0.4 is 0 Å². The molecule has 0 aromatic heterocycles. The molecule has 136 valence electrons. The molecule has 0 aliphatic heterocycles. The number of halogens is 3. The second kappa shape index (κ2) is 10.8. The fourth-order valence-corrected chi connectivity index (χ4v) is 2.89. The number of alkyl halides is 3. The van der Waals surface area contributed by atoms with Crippen LogP contribution >= 0.6 is 11.8 Å². The highest BCUT2D eigenvalue weighted by molar-refractivity contribution is 7.99. The molecule has 0 aliphatic rings. The van der Waals surface area contributed by atoms with Gasteiger partial charge in [-0.3, -0.25) is 0 Å². The number of carbonyl (C=O) groups is 1. The lowest BCUT2D eigenvalue weighted by atomic mass is 10.1. The molecule has 2 N–H and O–H groups in total. The van der Waals surface area contributed by atoms with E-state index in [0.717, 1.165) is 16.7 Å². The SMILES string of the molecule is O=C(O)c1ccccc1.OCC[C@H](CSc1ccccc1)C(F)(F)F. The molecule has 3 nitrogen and oxygen atoms in total. The third kappa shape index (κ3) is 8.60. The van der Waals surface area contributed by atoms with Gasteiger partial charge in [-0.2, -0.15) is 13.2 Å². The summed E-state index contributed by atoms with van der Waals surface area (Å²) in [6.45, 7) is -0.431. The van der Waals surface area contributed by atoms with E-state index >= 15 is 0 Å². The van der Waals surface area contributed by atoms with Crippen molar-refractivity contribution in [3.05, 3.63) is 66.2 Å². The minimum absolute atomic E-state index is 0.0475. The third-order valence-corrected chi connectivity index (χ3v) is 4.33. The second-order valence-electron chi connectivity index (χ2n) is 5.05. The van der Waals surface area contributed by atoms with Gasteiger partial charge in [0, 0.05) is 17.3 Å². The minimum atomic E-state index is -4.23. The molecule has 2 aromatic carbocycles. The molecule has 0 fully saturated rings. The van der Waals surface area contributed by atoms with Crippen LogP contribution in [-0.4, -0.2) is 34.7 Å². The number of aliphatic hydroxyl groups excluding tert-OH is 1. The number of aliphatic hydroxyl groups is 1. The summed E-state index contributed by atoms with van der Waals surface area (Å²) in [5.41, 5.74) is 0.331. The summed E-state index contributed by atoms with van der Waals surface area (Å²) >= 11 is 1.16. The van der Waals surface area contributed by atoms with Crippen LogP contribution in [-0.2, 0) is 0 Å². The van der Waals surface area contributed by atoms with Crippen molar-refractivity contribution in [1.29, 1.82) is 0 Å². The van der Waals surface area contributed by atoms with E-state index < -0.39 is 24.7 Å². The van der Waals surface area contributed by atoms with Crippen molar-refractivity contribution in [3.8, 4) is 0 Å². The largest absolute Gasteiger partial charge is 0.478 e. The molecule has 0 bridgehead atoms. The Hall–Kier alpha value is -1.99. The van der Waals surface area contributed by atoms with E-state index in [1.807, 2.05) is 6.07 Å². The Balaban J connectivity index is 0.000000293. The minimum Gasteiger partial charge on any atom is -0.478 e. The van der Waals surface area contributed by atoms with Gasteiger partial charge in [0.25, 0.3) is 0 Å². The van der Waals surface area contributed by atoms with Crippen molar-refractivity contribution in [2.45, 2.75) is 17.5 Å². The number of hydrogen-bond donors (Lipinski definition) is 2. The highest BCUT2D eigenvalue weighted by Gasteiger charge is 2.38. The molecule has 2 aromatic rings. The Kier molecular flexibility index (Phi) is 9.08. The maximum atomic E-state index is 12.5. The molecule has 0 aliphatic carbocycles. The molecule has 0 heterocycles. The summed E-state index contributed by atoms with van der Waals surface area (Å²) in [4.78, 5) is 11.0. The topological polar surface area (TPSA) is 57.5 Å². The average molecular weight is 372 g/mol. The lowest BCUT2D eigenvalue weighted by Crippen LogP contribution is -2.26. The van der Waals surface area contributed by atoms with Crippen LogP contribution in [0.2, 0.25) is 0 Å². The van der Waals surface area contributed by atoms with Gasteiger partial charge >= 0.3 is 12.1 Å². The normalized spacial score (nSPS) is 12.0. The standard InChI is InChI=1S/C11H13F3OS.C7H6O2/c12-11(13,14)9(6-7-15)8-16-10-4-2-1-3-5-10;8-7(9)6-4-2-1-3-5-6/h1-5,9,15H,6-8H2;1-5H,(H,8,9)/t9-;/m1./s1. The summed E-state index contributed by atoms with van der Waals surface area (Å²) in [5, 5.41) is 17.0. The van der Waals surface area contributed by atoms with Crippen LogP contribution in [0.5, 0.6) is 0 Å². The van der Waals surface area contributed by atoms with Gasteiger partial charge in [-0.25, -0.2) is 4.79 Å². The molecule has 0 radical (unpaired) electrons. The van der Waals surface area contributed by atoms with Gasteiger partial charge in [0.2, 0.25) is 0 Å². The monoisotopic (exact) mass is 372 g/mol. The molecule has 0 unspecified atom stereocenters. The van der Waals surface area contributed by atoms with Crippen molar-refractivity contribution >= 4 is 17.7 Å². The highest BCUT2D eigenvalue weighted by atomic mass is 32.2. The fraction of sp³-hybridized carbons (Fsp3) is 0.278. The van der Waals surface area contributed by atoms with Crippen LogP contribution in [0.25, 0.3) is 0 Å². The van der Waals surface area contributed by atoms with Crippen molar-refractivity contribution in [2.75, 3.05) is 12.4 Å². The number of rotatable bonds is 6. The Morgan fingerprint density at radius 1 is 1.00 bits per heavy atom. The first-order valence-corrected chi connectivity index (χ1v) is 8.47. The smallest absolute Gasteiger partial charge is 0.392 e. The highest BCUT2D eigenvalue weighted by Crippen LogP contribution is 2.33. The van der Waals surface area contributed by atoms with E-state index in [1.54, 1.807) is 54.6 Å². The third-order valence-electron chi connectivity index (χ3n) is 3.16. The van der Waals surface area contributed by atoms with Crippen LogP contribution in [0.1, 0.15) is 16.8 Å². The van der Waals surface area contributed by atoms with Crippen LogP contribution in [0.4, 0.5) is 13.2 Å². The molecular weight excluding hydrogens is 353 g/mol. The quantitative estimate of drug-likeness (QED) is 0.720. The zero-order valence-electron chi connectivity index (χ0n) is 13.3. The van der Waals surface area contributed by atoms with E-state index in [9.17, 15) is 18.0 Å². The lowest BCUT2D eigenvalue weighted by molar-refractivity contribution is -0.171. The zero-order chi connectivity index (χ0) is 18.7. The van der Waals surface area contributed by atoms with Gasteiger partial charge < -0.3 is 10.2 Å². The predicted molar refractivity (Wildman–Crippen MR) is 91.8 cm³/mol. The van der Waals surface area contributed by atoms with Crippen molar-refractivity contribution in [2.24, 2.45) is 5.92 Å². The van der Waals surface area contributed by atoms with E-state index in [2.05, 4.69) is 0 Å². The lowest BCUT2D eigenvalue weighted by Gasteiger charge is -2.18. The first-order valence-electron chi connectivity index (χ1n) is 7.48. The Labute approximate surface area is 148 Å². The van der Waals surface area contributed by atoms with Crippen molar-refractivity contribution in [3.63, 3.8) is 0 Å². The van der Waals surface area contributed by atoms with Crippen LogP contribution in [0.15, 0.2) is 65.6 Å². The maximum absolute atomic E-state index is 12.5. The molecule has 0 amide bonds. The van der Waals surface area contributed by atoms with Gasteiger partial charge in [-0.1, -0.05) is 36.4 Å². The van der Waals surface area contributed by atoms with Gasteiger partial charge in [0.05, 0.1) is 11.5 Å². The average Bonchev–Trinajstić information content (AvgIpc) is 2.60. The first-order chi connectivity index (χ1) is 11.8. The van der Waals surface area contributed by atoms with Gasteiger partial charge in [0.1, 0.15) is 0 Å². The number of carboxylic acid groups (broad SMARTS) is 1. The number of hydrogen-bond acceptors (Lipinski definition) is 3. The first kappa shape index (κ1) is 21.1. The Bertz CT molecular complexity index is 618. The van der Waals surface area contributed by atoms with Crippen LogP contribution in [0, 0.1) is 5.92 Å². The fourth-order valence-electron chi connectivity index (χ4n) is 1.79. The molecule has 1 atom stereocenters. The summed E-state index contributed by atoms with van der Waals surface area (Å²) in [6.07, 6.45) is -4.46. The van der Waals surface area contributed by atoms with E-state index in [0.29, 0.717) is 5.56 Å². The summed E-state index contributed by atoms with van der Waals surface area (Å²) in [7, 11) is 0. The van der Waals surface area contributed by atoms with Crippen molar-refractivity contribution in [1.82, 2.24) is 0 Å². The summed E-state index contributed by atoms with van der Waals surface area (Å²) < 4.78 is 37.5. The van der Waals surface area contributed by atoms with E-state index in [-0.39, 0.29) is 12.2 Å². The molecular formula is C18H19F3O3S. The van der Waals surface area contributed by atoms with E-state index in [1.165, 1.54) is 0 Å². The summed E-state index contributed by atoms with van der Waals surface area (Å²) in [5.74, 6) is -2.37. The molecule has 7 heteroatoms. The second-order valence-corrected chi connectivity index (χ2v) is 6.14. The molecule has 2 rings (SSSR count). The van der Waals surface area contributed by atoms with Gasteiger partial charge in [-0.15, -0.1) is 11.8 Å². The number of benzene rings is 2. The molecule has 0 saturated heterocycles. The Morgan fingerprint density at radius 2 is 1.52 bits per heavy atom. The maximum Gasteiger partial charge on any atom is 0.392 e. The predicted octanol–water partition coefficient (Wildman–Crippen LogP) is 4.72. The van der Waals surface area contributed by atoms with Gasteiger partial charge in [-0.05, 0) is 30.7 Å². The van der Waals surface area contributed by atoms with Crippen LogP contribution in [0.3, 0.4) is 0 Å². The van der Waals surface area contributed by atoms with Gasteiger partial charge in [0.15, 0.2) is 0 Å². The zero-order valence-corrected chi connectivity index (χ0v) is 14.1. The molecule has 0 spiro atoms. The molecule has 25 heavy (non-hydrogen) atoms.